The summed E-state index contributed by atoms with van der Waals surface area (Å²) in [6, 6.07) is 4.05. The highest BCUT2D eigenvalue weighted by Gasteiger charge is 2.25. The van der Waals surface area contributed by atoms with Crippen molar-refractivity contribution in [3.63, 3.8) is 0 Å². The Kier molecular flexibility index (Phi) is 4.27. The molecule has 1 aromatic heterocycles. The minimum atomic E-state index is -1.12. The average molecular weight is 284 g/mol. The smallest absolute Gasteiger partial charge is 0.356 e. The largest absolute Gasteiger partial charge is 0.476 e. The van der Waals surface area contributed by atoms with Crippen molar-refractivity contribution >= 4 is 23.4 Å². The molecule has 104 valence electrons. The zero-order chi connectivity index (χ0) is 14.0. The van der Waals surface area contributed by atoms with Crippen LogP contribution in [-0.4, -0.2) is 33.2 Å². The molecule has 0 spiro atoms. The van der Waals surface area contributed by atoms with Crippen molar-refractivity contribution in [2.75, 3.05) is 5.43 Å². The van der Waals surface area contributed by atoms with E-state index in [0.717, 1.165) is 12.8 Å². The minimum Gasteiger partial charge on any atom is -0.476 e. The van der Waals surface area contributed by atoms with Crippen molar-refractivity contribution in [2.24, 2.45) is 0 Å². The Morgan fingerprint density at radius 2 is 2.05 bits per heavy atom. The van der Waals surface area contributed by atoms with Gasteiger partial charge in [0, 0.05) is 12.1 Å². The summed E-state index contributed by atoms with van der Waals surface area (Å²) in [7, 11) is 0. The zero-order valence-corrected chi connectivity index (χ0v) is 11.8. The molecule has 1 saturated heterocycles. The first-order valence-corrected chi connectivity index (χ1v) is 6.81. The van der Waals surface area contributed by atoms with E-state index in [0.29, 0.717) is 17.9 Å². The van der Waals surface area contributed by atoms with Gasteiger partial charge < -0.3 is 10.5 Å². The van der Waals surface area contributed by atoms with Crippen LogP contribution in [0.1, 0.15) is 43.6 Å². The van der Waals surface area contributed by atoms with Crippen LogP contribution in [0.15, 0.2) is 12.1 Å². The highest BCUT2D eigenvalue weighted by molar-refractivity contribution is 6.33. The van der Waals surface area contributed by atoms with E-state index in [1.54, 1.807) is 12.1 Å². The van der Waals surface area contributed by atoms with Crippen molar-refractivity contribution in [3.8, 4) is 0 Å². The van der Waals surface area contributed by atoms with Gasteiger partial charge in [0.25, 0.3) is 0 Å². The first-order valence-electron chi connectivity index (χ1n) is 6.44. The summed E-state index contributed by atoms with van der Waals surface area (Å²) in [4.78, 5) is 15.1. The highest BCUT2D eigenvalue weighted by Crippen LogP contribution is 2.24. The fourth-order valence-electron chi connectivity index (χ4n) is 2.43. The van der Waals surface area contributed by atoms with Crippen LogP contribution in [0.5, 0.6) is 0 Å². The lowest BCUT2D eigenvalue weighted by atomic mass is 10.00. The molecular weight excluding hydrogens is 266 g/mol. The third-order valence-electron chi connectivity index (χ3n) is 3.49. The van der Waals surface area contributed by atoms with Crippen LogP contribution < -0.4 is 5.43 Å². The van der Waals surface area contributed by atoms with Crippen molar-refractivity contribution < 1.29 is 9.90 Å². The van der Waals surface area contributed by atoms with Crippen molar-refractivity contribution in [1.82, 2.24) is 9.99 Å². The Bertz CT molecular complexity index is 471. The summed E-state index contributed by atoms with van der Waals surface area (Å²) in [5.74, 6) is -0.601. The van der Waals surface area contributed by atoms with Crippen molar-refractivity contribution in [2.45, 2.75) is 45.2 Å². The number of hydrazine groups is 1. The van der Waals surface area contributed by atoms with Crippen LogP contribution in [0.4, 0.5) is 5.82 Å². The number of anilines is 1. The predicted molar refractivity (Wildman–Crippen MR) is 74.4 cm³/mol. The number of rotatable bonds is 3. The average Bonchev–Trinajstić information content (AvgIpc) is 2.35. The van der Waals surface area contributed by atoms with Crippen LogP contribution in [0.2, 0.25) is 5.02 Å². The summed E-state index contributed by atoms with van der Waals surface area (Å²) in [5, 5.41) is 11.3. The number of hydrogen-bond donors (Lipinski definition) is 2. The van der Waals surface area contributed by atoms with E-state index in [9.17, 15) is 4.79 Å². The van der Waals surface area contributed by atoms with Crippen LogP contribution in [0.3, 0.4) is 0 Å². The summed E-state index contributed by atoms with van der Waals surface area (Å²) in [6.45, 7) is 4.30. The molecule has 2 heterocycles. The molecule has 0 bridgehead atoms. The molecule has 1 aliphatic rings. The molecule has 19 heavy (non-hydrogen) atoms. The molecule has 2 atom stereocenters. The second-order valence-electron chi connectivity index (χ2n) is 4.98. The van der Waals surface area contributed by atoms with Gasteiger partial charge in [0.05, 0.1) is 5.02 Å². The Hall–Kier alpha value is -1.33. The molecule has 5 nitrogen and oxygen atoms in total. The monoisotopic (exact) mass is 283 g/mol. The number of carboxylic acids is 1. The highest BCUT2D eigenvalue weighted by atomic mass is 35.5. The molecule has 0 amide bonds. The van der Waals surface area contributed by atoms with Gasteiger partial charge in [-0.15, -0.1) is 0 Å². The normalized spacial score (nSPS) is 24.2. The third-order valence-corrected chi connectivity index (χ3v) is 3.79. The standard InChI is InChI=1S/C13H18ClN3O2/c1-8-4-3-5-9(2)17(8)16-11-7-6-10(14)12(15-11)13(18)19/h6-9H,3-5H2,1-2H3,(H,15,16)(H,18,19). The molecule has 2 unspecified atom stereocenters. The number of hydrogen-bond acceptors (Lipinski definition) is 4. The maximum absolute atomic E-state index is 11.0. The Labute approximate surface area is 117 Å². The topological polar surface area (TPSA) is 65.5 Å². The number of carboxylic acid groups (broad SMARTS) is 1. The molecule has 0 aliphatic carbocycles. The number of piperidine rings is 1. The molecule has 0 aromatic carbocycles. The Morgan fingerprint density at radius 1 is 1.42 bits per heavy atom. The van der Waals surface area contributed by atoms with Crippen LogP contribution >= 0.6 is 11.6 Å². The first kappa shape index (κ1) is 14.1. The van der Waals surface area contributed by atoms with Gasteiger partial charge in [0.2, 0.25) is 0 Å². The maximum Gasteiger partial charge on any atom is 0.356 e. The first-order chi connectivity index (χ1) is 8.99. The van der Waals surface area contributed by atoms with E-state index in [2.05, 4.69) is 29.3 Å². The number of nitrogens with one attached hydrogen (secondary N) is 1. The molecule has 6 heteroatoms. The van der Waals surface area contributed by atoms with Gasteiger partial charge in [-0.05, 0) is 38.8 Å². The number of nitrogens with zero attached hydrogens (tertiary/aromatic N) is 2. The number of aromatic carboxylic acids is 1. The molecule has 0 saturated carbocycles. The van der Waals surface area contributed by atoms with E-state index in [1.165, 1.54) is 6.42 Å². The van der Waals surface area contributed by atoms with Crippen LogP contribution in [0.25, 0.3) is 0 Å². The SMILES string of the molecule is CC1CCCC(C)N1Nc1ccc(Cl)c(C(=O)O)n1. The van der Waals surface area contributed by atoms with Gasteiger partial charge in [0.15, 0.2) is 5.69 Å². The summed E-state index contributed by atoms with van der Waals surface area (Å²) >= 11 is 5.81. The summed E-state index contributed by atoms with van der Waals surface area (Å²) in [6.07, 6.45) is 3.46. The summed E-state index contributed by atoms with van der Waals surface area (Å²) in [5.41, 5.74) is 3.08. The Morgan fingerprint density at radius 3 is 2.63 bits per heavy atom. The van der Waals surface area contributed by atoms with Gasteiger partial charge >= 0.3 is 5.97 Å². The lowest BCUT2D eigenvalue weighted by molar-refractivity contribution is 0.0690. The third kappa shape index (κ3) is 3.16. The van der Waals surface area contributed by atoms with E-state index in [1.807, 2.05) is 0 Å². The molecule has 2 rings (SSSR count). The molecule has 0 radical (unpaired) electrons. The van der Waals surface area contributed by atoms with Gasteiger partial charge in [0.1, 0.15) is 5.82 Å². The molecular formula is C13H18ClN3O2. The summed E-state index contributed by atoms with van der Waals surface area (Å²) < 4.78 is 0. The zero-order valence-electron chi connectivity index (χ0n) is 11.1. The van der Waals surface area contributed by atoms with Gasteiger partial charge in [-0.25, -0.2) is 14.8 Å². The fraction of sp³-hybridized carbons (Fsp3) is 0.538. The predicted octanol–water partition coefficient (Wildman–Crippen LogP) is 3.02. The number of pyridine rings is 1. The van der Waals surface area contributed by atoms with Crippen molar-refractivity contribution in [1.29, 1.82) is 0 Å². The lowest BCUT2D eigenvalue weighted by Crippen LogP contribution is -2.47. The Balaban J connectivity index is 2.18. The lowest BCUT2D eigenvalue weighted by Gasteiger charge is -2.39. The second kappa shape index (κ2) is 5.75. The van der Waals surface area contributed by atoms with Crippen LogP contribution in [-0.2, 0) is 0 Å². The minimum absolute atomic E-state index is 0.121. The van der Waals surface area contributed by atoms with E-state index >= 15 is 0 Å². The number of aromatic nitrogens is 1. The van der Waals surface area contributed by atoms with Crippen molar-refractivity contribution in [3.05, 3.63) is 22.8 Å². The van der Waals surface area contributed by atoms with E-state index < -0.39 is 5.97 Å². The number of halogens is 1. The maximum atomic E-state index is 11.0. The van der Waals surface area contributed by atoms with Gasteiger partial charge in [-0.3, -0.25) is 0 Å². The molecule has 1 aromatic rings. The molecule has 2 N–H and O–H groups in total. The molecule has 1 fully saturated rings. The van der Waals surface area contributed by atoms with E-state index in [4.69, 9.17) is 16.7 Å². The number of carbonyl (C=O) groups is 1. The molecule has 1 aliphatic heterocycles. The van der Waals surface area contributed by atoms with Gasteiger partial charge in [-0.1, -0.05) is 18.0 Å². The quantitative estimate of drug-likeness (QED) is 0.893. The van der Waals surface area contributed by atoms with Crippen LogP contribution in [0, 0.1) is 0 Å². The van der Waals surface area contributed by atoms with Gasteiger partial charge in [-0.2, -0.15) is 0 Å². The fourth-order valence-corrected chi connectivity index (χ4v) is 2.61. The van der Waals surface area contributed by atoms with E-state index in [-0.39, 0.29) is 10.7 Å². The second-order valence-corrected chi connectivity index (χ2v) is 5.39.